The van der Waals surface area contributed by atoms with E-state index in [0.717, 1.165) is 95.4 Å². The Kier molecular flexibility index (Phi) is 14.5. The van der Waals surface area contributed by atoms with E-state index < -0.39 is 0 Å². The Hall–Kier alpha value is -10.1. The van der Waals surface area contributed by atoms with Gasteiger partial charge in [0.2, 0.25) is 0 Å². The van der Waals surface area contributed by atoms with Gasteiger partial charge in [-0.15, -0.1) is 0 Å². The molecule has 12 aromatic rings. The molecule has 0 aliphatic carbocycles. The maximum atomic E-state index is 5.63. The number of para-hydroxylation sites is 9. The van der Waals surface area contributed by atoms with Crippen molar-refractivity contribution >= 4 is 97.3 Å². The lowest BCUT2D eigenvalue weighted by atomic mass is 10.1. The van der Waals surface area contributed by atoms with Gasteiger partial charge in [-0.1, -0.05) is 182 Å². The number of nitrogens with zero attached hydrogens (tertiary/aromatic N) is 6. The quantitative estimate of drug-likeness (QED) is 0.0898. The van der Waals surface area contributed by atoms with E-state index in [1.54, 1.807) is 11.8 Å². The first-order chi connectivity index (χ1) is 38.7. The van der Waals surface area contributed by atoms with Crippen LogP contribution in [0.2, 0.25) is 0 Å². The van der Waals surface area contributed by atoms with Crippen molar-refractivity contribution in [2.45, 2.75) is 9.79 Å². The van der Waals surface area contributed by atoms with Gasteiger partial charge in [0.25, 0.3) is 0 Å². The van der Waals surface area contributed by atoms with E-state index in [0.29, 0.717) is 0 Å². The highest BCUT2D eigenvalue weighted by molar-refractivity contribution is 7.99. The van der Waals surface area contributed by atoms with Crippen LogP contribution in [0.25, 0.3) is 0 Å². The summed E-state index contributed by atoms with van der Waals surface area (Å²) >= 11 is 1.75. The van der Waals surface area contributed by atoms with Gasteiger partial charge in [0.15, 0.2) is 0 Å². The topological polar surface area (TPSA) is 29.1 Å². The fourth-order valence-electron chi connectivity index (χ4n) is 9.92. The molecule has 0 saturated carbocycles. The summed E-state index contributed by atoms with van der Waals surface area (Å²) in [6.45, 7) is 0. The minimum absolute atomic E-state index is 0.760. The second-order valence-corrected chi connectivity index (χ2v) is 19.7. The molecule has 12 rings (SSSR count). The minimum Gasteiger partial charge on any atom is -0.310 e. The van der Waals surface area contributed by atoms with Crippen LogP contribution >= 0.6 is 11.8 Å². The molecule has 0 fully saturated rings. The molecule has 0 spiro atoms. The highest BCUT2D eigenvalue weighted by Gasteiger charge is 2.25. The van der Waals surface area contributed by atoms with Crippen LogP contribution in [-0.4, -0.2) is 4.98 Å². The molecule has 1 aromatic heterocycles. The lowest BCUT2D eigenvalue weighted by Gasteiger charge is -2.32. The Labute approximate surface area is 461 Å². The molecular formula is C71H54N6S. The highest BCUT2D eigenvalue weighted by atomic mass is 32.2. The van der Waals surface area contributed by atoms with Crippen LogP contribution in [0.1, 0.15) is 0 Å². The molecule has 374 valence electrons. The van der Waals surface area contributed by atoms with Crippen molar-refractivity contribution in [2.75, 3.05) is 24.5 Å². The van der Waals surface area contributed by atoms with Gasteiger partial charge in [-0.25, -0.2) is 4.98 Å². The van der Waals surface area contributed by atoms with Crippen molar-refractivity contribution in [3.63, 3.8) is 0 Å². The van der Waals surface area contributed by atoms with Gasteiger partial charge in [0.1, 0.15) is 11.6 Å². The zero-order chi connectivity index (χ0) is 52.3. The third-order valence-electron chi connectivity index (χ3n) is 13.3. The summed E-state index contributed by atoms with van der Waals surface area (Å²) in [6.07, 6.45) is 0. The number of hydrogen-bond donors (Lipinski definition) is 0. The largest absolute Gasteiger partial charge is 0.310 e. The van der Waals surface area contributed by atoms with E-state index >= 15 is 0 Å². The fourth-order valence-corrected chi connectivity index (χ4v) is 10.9. The van der Waals surface area contributed by atoms with Crippen LogP contribution in [0, 0.1) is 0 Å². The van der Waals surface area contributed by atoms with Gasteiger partial charge in [-0.3, -0.25) is 9.80 Å². The average Bonchev–Trinajstić information content (AvgIpc) is 3.56. The molecule has 78 heavy (non-hydrogen) atoms. The zero-order valence-corrected chi connectivity index (χ0v) is 43.6. The fraction of sp³-hybridized carbons (Fsp3) is 0. The number of pyridine rings is 1. The molecule has 0 radical (unpaired) electrons. The van der Waals surface area contributed by atoms with Crippen LogP contribution in [0.3, 0.4) is 0 Å². The maximum Gasteiger partial charge on any atom is 0.142 e. The monoisotopic (exact) mass is 1020 g/mol. The first-order valence-electron chi connectivity index (χ1n) is 26.1. The molecule has 1 heterocycles. The van der Waals surface area contributed by atoms with Crippen molar-refractivity contribution in [3.05, 3.63) is 328 Å². The molecule has 0 unspecified atom stereocenters. The van der Waals surface area contributed by atoms with Gasteiger partial charge in [-0.05, 0) is 146 Å². The van der Waals surface area contributed by atoms with Crippen molar-refractivity contribution < 1.29 is 0 Å². The van der Waals surface area contributed by atoms with E-state index in [-0.39, 0.29) is 0 Å². The zero-order valence-electron chi connectivity index (χ0n) is 42.8. The number of hydrogen-bond acceptors (Lipinski definition) is 7. The molecule has 11 aromatic carbocycles. The lowest BCUT2D eigenvalue weighted by molar-refractivity contribution is 1.12. The predicted molar refractivity (Wildman–Crippen MR) is 328 cm³/mol. The summed E-state index contributed by atoms with van der Waals surface area (Å²) in [4.78, 5) is 19.3. The summed E-state index contributed by atoms with van der Waals surface area (Å²) in [5.41, 5.74) is 13.2. The van der Waals surface area contributed by atoms with Crippen LogP contribution < -0.4 is 24.5 Å². The standard InChI is InChI=1S/C71H54N6S/c1-10-29-55(30-11-1)73(56-31-12-2-13-32-56)65-49-66(74(57-33-14-3-15-34-57)58-35-16-4-17-36-58)52-69(51-65)78-68-48-28-47-64(50-68)75(59-37-18-5-19-38-59)67-53-70(76(60-39-20-6-21-40-60)61-41-22-7-23-42-61)72-71(54-67)77(62-43-24-8-25-44-62)63-45-26-9-27-46-63/h1-54H. The summed E-state index contributed by atoms with van der Waals surface area (Å²) in [7, 11) is 0. The van der Waals surface area contributed by atoms with Gasteiger partial charge < -0.3 is 14.7 Å². The molecule has 6 nitrogen and oxygen atoms in total. The molecule has 0 amide bonds. The van der Waals surface area contributed by atoms with Gasteiger partial charge >= 0.3 is 0 Å². The second-order valence-electron chi connectivity index (χ2n) is 18.5. The van der Waals surface area contributed by atoms with Crippen molar-refractivity contribution in [1.82, 2.24) is 4.98 Å². The molecular weight excluding hydrogens is 969 g/mol. The Morgan fingerprint density at radius 2 is 0.410 bits per heavy atom. The third-order valence-corrected chi connectivity index (χ3v) is 14.3. The van der Waals surface area contributed by atoms with Crippen LogP contribution in [0.15, 0.2) is 337 Å². The first-order valence-corrected chi connectivity index (χ1v) is 26.9. The molecule has 0 aliphatic heterocycles. The minimum atomic E-state index is 0.760. The van der Waals surface area contributed by atoms with Crippen LogP contribution in [-0.2, 0) is 0 Å². The molecule has 0 aliphatic rings. The predicted octanol–water partition coefficient (Wildman–Crippen LogP) is 20.6. The Bertz CT molecular complexity index is 3460. The van der Waals surface area contributed by atoms with Crippen LogP contribution in [0.5, 0.6) is 0 Å². The average molecular weight is 1020 g/mol. The summed E-state index contributed by atoms with van der Waals surface area (Å²) in [5.74, 6) is 1.52. The van der Waals surface area contributed by atoms with Gasteiger partial charge in [0.05, 0.1) is 5.69 Å². The van der Waals surface area contributed by atoms with Crippen molar-refractivity contribution in [1.29, 1.82) is 0 Å². The number of aromatic nitrogens is 1. The Morgan fingerprint density at radius 1 is 0.179 bits per heavy atom. The third kappa shape index (κ3) is 10.9. The lowest BCUT2D eigenvalue weighted by Crippen LogP contribution is -2.18. The molecule has 0 saturated heterocycles. The molecule has 0 atom stereocenters. The summed E-state index contributed by atoms with van der Waals surface area (Å²) < 4.78 is 0. The number of rotatable bonds is 17. The molecule has 0 bridgehead atoms. The van der Waals surface area contributed by atoms with E-state index in [1.807, 2.05) is 0 Å². The maximum absolute atomic E-state index is 5.63. The first kappa shape index (κ1) is 48.8. The van der Waals surface area contributed by atoms with E-state index in [2.05, 4.69) is 352 Å². The second kappa shape index (κ2) is 23.2. The Morgan fingerprint density at radius 3 is 0.705 bits per heavy atom. The smallest absolute Gasteiger partial charge is 0.142 e. The summed E-state index contributed by atoms with van der Waals surface area (Å²) in [5, 5.41) is 0. The molecule has 0 N–H and O–H groups in total. The highest BCUT2D eigenvalue weighted by Crippen LogP contribution is 2.47. The normalized spacial score (nSPS) is 10.9. The number of anilines is 15. The van der Waals surface area contributed by atoms with Gasteiger partial charge in [0, 0.05) is 90.2 Å². The van der Waals surface area contributed by atoms with Crippen molar-refractivity contribution in [2.24, 2.45) is 0 Å². The van der Waals surface area contributed by atoms with Crippen molar-refractivity contribution in [3.8, 4) is 0 Å². The van der Waals surface area contributed by atoms with Gasteiger partial charge in [-0.2, -0.15) is 0 Å². The number of benzene rings is 11. The van der Waals surface area contributed by atoms with E-state index in [4.69, 9.17) is 4.98 Å². The molecule has 7 heteroatoms. The van der Waals surface area contributed by atoms with E-state index in [9.17, 15) is 0 Å². The summed E-state index contributed by atoms with van der Waals surface area (Å²) in [6, 6.07) is 115. The van der Waals surface area contributed by atoms with Crippen LogP contribution in [0.4, 0.5) is 85.6 Å². The van der Waals surface area contributed by atoms with E-state index in [1.165, 1.54) is 0 Å². The SMILES string of the molecule is c1ccc(N(c2ccccc2)c2cc(Sc3cccc(N(c4ccccc4)c4cc(N(c5ccccc5)c5ccccc5)nc(N(c5ccccc5)c5ccccc5)c4)c3)cc(N(c3ccccc3)c3ccccc3)c2)cc1. The Balaban J connectivity index is 1.04.